The van der Waals surface area contributed by atoms with Gasteiger partial charge in [-0.25, -0.2) is 4.57 Å². The molecule has 0 aromatic rings. The maximum Gasteiger partial charge on any atom is 0.324 e. The summed E-state index contributed by atoms with van der Waals surface area (Å²) in [6, 6.07) is 0. The molecule has 0 aliphatic carbocycles. The molecule has 0 atom stereocenters. The van der Waals surface area contributed by atoms with Gasteiger partial charge in [0, 0.05) is 17.1 Å². The largest absolute Gasteiger partial charge is 0.412 e. The van der Waals surface area contributed by atoms with E-state index in [1.807, 2.05) is 0 Å². The van der Waals surface area contributed by atoms with E-state index in [2.05, 4.69) is 0 Å². The summed E-state index contributed by atoms with van der Waals surface area (Å²) in [6.45, 7) is 0. The van der Waals surface area contributed by atoms with Gasteiger partial charge < -0.3 is 10.4 Å². The third-order valence-electron chi connectivity index (χ3n) is 0. The summed E-state index contributed by atoms with van der Waals surface area (Å²) in [4.78, 5) is 6.99. The van der Waals surface area contributed by atoms with E-state index in [1.165, 1.54) is 0 Å². The van der Waals surface area contributed by atoms with Crippen molar-refractivity contribution in [1.29, 1.82) is 0 Å². The Morgan fingerprint density at radius 1 is 1.60 bits per heavy atom. The van der Waals surface area contributed by atoms with Gasteiger partial charge in [0.15, 0.2) is 0 Å². The van der Waals surface area contributed by atoms with Crippen LogP contribution in [-0.4, -0.2) is 10.4 Å². The zero-order chi connectivity index (χ0) is 2.71. The Labute approximate surface area is 41.5 Å². The Kier molecular flexibility index (Phi) is 84.9. The van der Waals surface area contributed by atoms with Crippen LogP contribution in [0.4, 0.5) is 0 Å². The second kappa shape index (κ2) is 24.0. The molecule has 0 bridgehead atoms. The summed E-state index contributed by atoms with van der Waals surface area (Å²) < 4.78 is 8.46. The van der Waals surface area contributed by atoms with Gasteiger partial charge in [-0.1, -0.05) is 0 Å². The van der Waals surface area contributed by atoms with Crippen molar-refractivity contribution >= 4 is 8.69 Å². The molecule has 0 unspecified atom stereocenters. The topological polar surface area (TPSA) is 68.8 Å². The van der Waals surface area contributed by atoms with Gasteiger partial charge in [0.25, 0.3) is 0 Å². The molecule has 5 heavy (non-hydrogen) atoms. The summed E-state index contributed by atoms with van der Waals surface area (Å²) in [5.74, 6) is 0. The minimum Gasteiger partial charge on any atom is -0.412 e. The van der Waals surface area contributed by atoms with Crippen molar-refractivity contribution < 1.29 is 32.0 Å². The number of hydrogen-bond acceptors (Lipinski definition) is 1. The molecular formula is H3MnO3P. The smallest absolute Gasteiger partial charge is 0.324 e. The second-order valence-electron chi connectivity index (χ2n) is 0.0816. The Bertz CT molecular complexity index is 14.4. The summed E-state index contributed by atoms with van der Waals surface area (Å²) in [5, 5.41) is 0. The van der Waals surface area contributed by atoms with E-state index < -0.39 is 8.69 Å². The quantitative estimate of drug-likeness (QED) is 0.356. The van der Waals surface area contributed by atoms with Crippen molar-refractivity contribution in [2.24, 2.45) is 0 Å². The first-order chi connectivity index (χ1) is 1.41. The summed E-state index contributed by atoms with van der Waals surface area (Å²) >= 11 is 0. The van der Waals surface area contributed by atoms with Crippen LogP contribution in [0, 0.1) is 0 Å². The van der Waals surface area contributed by atoms with E-state index in [4.69, 9.17) is 9.46 Å². The van der Waals surface area contributed by atoms with Crippen molar-refractivity contribution in [3.63, 3.8) is 0 Å². The average molecular weight is 137 g/mol. The van der Waals surface area contributed by atoms with Gasteiger partial charge in [-0.15, -0.1) is 0 Å². The van der Waals surface area contributed by atoms with E-state index in [9.17, 15) is 0 Å². The van der Waals surface area contributed by atoms with Crippen LogP contribution in [0.2, 0.25) is 0 Å². The van der Waals surface area contributed by atoms with Crippen molar-refractivity contribution in [1.82, 2.24) is 0 Å². The second-order valence-corrected chi connectivity index (χ2v) is 0.245. The van der Waals surface area contributed by atoms with E-state index in [-0.39, 0.29) is 22.5 Å². The van der Waals surface area contributed by atoms with Gasteiger partial charge in [-0.2, -0.15) is 0 Å². The van der Waals surface area contributed by atoms with Crippen molar-refractivity contribution in [2.45, 2.75) is 0 Å². The number of rotatable bonds is 0. The van der Waals surface area contributed by atoms with Crippen LogP contribution in [0.25, 0.3) is 0 Å². The third-order valence-corrected chi connectivity index (χ3v) is 0. The molecule has 3 N–H and O–H groups in total. The maximum atomic E-state index is 8.46. The first kappa shape index (κ1) is 17.7. The van der Waals surface area contributed by atoms with Gasteiger partial charge >= 0.3 is 8.69 Å². The molecule has 1 radical (unpaired) electrons. The van der Waals surface area contributed by atoms with E-state index in [1.54, 1.807) is 0 Å². The van der Waals surface area contributed by atoms with Crippen LogP contribution in [-0.2, 0) is 21.6 Å². The summed E-state index contributed by atoms with van der Waals surface area (Å²) in [5.41, 5.74) is 0. The molecule has 33 valence electrons. The van der Waals surface area contributed by atoms with Crippen LogP contribution in [0.1, 0.15) is 0 Å². The molecule has 0 aliphatic heterocycles. The Balaban J connectivity index is -0.0000000200. The summed E-state index contributed by atoms with van der Waals surface area (Å²) in [7, 11) is -0.833. The molecule has 0 aliphatic rings. The molecule has 0 saturated carbocycles. The minimum absolute atomic E-state index is 0. The van der Waals surface area contributed by atoms with Gasteiger partial charge in [-0.05, 0) is 0 Å². The Morgan fingerprint density at radius 3 is 1.60 bits per heavy atom. The monoisotopic (exact) mass is 137 g/mol. The van der Waals surface area contributed by atoms with Crippen LogP contribution in [0.15, 0.2) is 0 Å². The Hall–Kier alpha value is 0.539. The molecule has 3 nitrogen and oxygen atoms in total. The van der Waals surface area contributed by atoms with Crippen molar-refractivity contribution in [3.05, 3.63) is 0 Å². The van der Waals surface area contributed by atoms with Gasteiger partial charge in [0.1, 0.15) is 0 Å². The molecule has 0 aromatic heterocycles. The van der Waals surface area contributed by atoms with E-state index in [0.717, 1.165) is 0 Å². The molecule has 0 amide bonds. The molecule has 0 aromatic carbocycles. The fourth-order valence-corrected chi connectivity index (χ4v) is 0. The molecule has 0 rings (SSSR count). The van der Waals surface area contributed by atoms with Crippen molar-refractivity contribution in [3.8, 4) is 0 Å². The molecule has 0 saturated heterocycles. The standard InChI is InChI=1S/Mn.HO2P.H2O/c;1-3-2;/h;(H,1,2);1H2. The SMILES string of the molecule is O.O=PO.[Mn]. The summed E-state index contributed by atoms with van der Waals surface area (Å²) in [6.07, 6.45) is 0. The van der Waals surface area contributed by atoms with Gasteiger partial charge in [-0.3, -0.25) is 0 Å². The van der Waals surface area contributed by atoms with Gasteiger partial charge in [0.2, 0.25) is 0 Å². The zero-order valence-electron chi connectivity index (χ0n) is 2.18. The minimum atomic E-state index is -0.833. The van der Waals surface area contributed by atoms with E-state index in [0.29, 0.717) is 0 Å². The van der Waals surface area contributed by atoms with Crippen LogP contribution < -0.4 is 0 Å². The first-order valence-electron chi connectivity index (χ1n) is 0.383. The normalized spacial score (nSPS) is 4.20. The predicted octanol–water partition coefficient (Wildman–Crippen LogP) is -0.642. The van der Waals surface area contributed by atoms with Gasteiger partial charge in [0.05, 0.1) is 0 Å². The third kappa shape index (κ3) is 101. The molecule has 5 heteroatoms. The molecule has 0 fully saturated rings. The average Bonchev–Trinajstić information content (AvgIpc) is 0.918. The maximum absolute atomic E-state index is 8.46. The molecule has 0 heterocycles. The van der Waals surface area contributed by atoms with Crippen LogP contribution in [0.3, 0.4) is 0 Å². The molecular weight excluding hydrogens is 134 g/mol. The van der Waals surface area contributed by atoms with E-state index >= 15 is 0 Å². The predicted molar refractivity (Wildman–Crippen MR) is 13.4 cm³/mol. The first-order valence-corrected chi connectivity index (χ1v) is 1.15. The fraction of sp³-hybridized carbons (Fsp3) is 0. The number of hydrogen-bond donors (Lipinski definition) is 1. The van der Waals surface area contributed by atoms with Crippen LogP contribution in [0.5, 0.6) is 0 Å². The zero-order valence-corrected chi connectivity index (χ0v) is 4.26. The molecule has 0 spiro atoms. The van der Waals surface area contributed by atoms with Crippen LogP contribution >= 0.6 is 8.69 Å². The van der Waals surface area contributed by atoms with Crippen molar-refractivity contribution in [2.75, 3.05) is 0 Å². The fourth-order valence-electron chi connectivity index (χ4n) is 0. The Morgan fingerprint density at radius 2 is 1.60 bits per heavy atom.